The Bertz CT molecular complexity index is 1250. The second-order valence-corrected chi connectivity index (χ2v) is 7.43. The van der Waals surface area contributed by atoms with E-state index >= 15 is 0 Å². The van der Waals surface area contributed by atoms with Gasteiger partial charge in [-0.3, -0.25) is 0 Å². The third-order valence-corrected chi connectivity index (χ3v) is 5.52. The van der Waals surface area contributed by atoms with Crippen LogP contribution in [0.5, 0.6) is 0 Å². The Morgan fingerprint density at radius 3 is 1.93 bits per heavy atom. The molecule has 0 unspecified atom stereocenters. The minimum absolute atomic E-state index is 1.08. The number of nitrogens with one attached hydrogen (secondary N) is 1. The van der Waals surface area contributed by atoms with Gasteiger partial charge in [0.1, 0.15) is 0 Å². The number of aromatic amines is 1. The molecular formula is C27H23N. The van der Waals surface area contributed by atoms with Crippen LogP contribution in [0.15, 0.2) is 91.0 Å². The molecule has 0 spiro atoms. The van der Waals surface area contributed by atoms with Crippen LogP contribution in [0.4, 0.5) is 0 Å². The number of hydrogen-bond acceptors (Lipinski definition) is 0. The van der Waals surface area contributed by atoms with Gasteiger partial charge in [-0.1, -0.05) is 80.1 Å². The van der Waals surface area contributed by atoms with Crippen molar-refractivity contribution in [3.05, 3.63) is 96.6 Å². The van der Waals surface area contributed by atoms with E-state index in [1.807, 2.05) is 0 Å². The Kier molecular flexibility index (Phi) is 4.21. The first kappa shape index (κ1) is 16.8. The first-order chi connectivity index (χ1) is 13.8. The quantitative estimate of drug-likeness (QED) is 0.339. The third-order valence-electron chi connectivity index (χ3n) is 5.52. The fourth-order valence-corrected chi connectivity index (χ4v) is 4.15. The average Bonchev–Trinajstić information content (AvgIpc) is 3.13. The molecule has 0 saturated carbocycles. The predicted octanol–water partition coefficient (Wildman–Crippen LogP) is 7.61. The van der Waals surface area contributed by atoms with Crippen molar-refractivity contribution in [2.45, 2.75) is 19.8 Å². The van der Waals surface area contributed by atoms with E-state index in [9.17, 15) is 0 Å². The zero-order valence-corrected chi connectivity index (χ0v) is 16.1. The van der Waals surface area contributed by atoms with Crippen molar-refractivity contribution in [2.24, 2.45) is 0 Å². The Hall–Kier alpha value is -3.32. The summed E-state index contributed by atoms with van der Waals surface area (Å²) in [5.74, 6) is 0. The normalized spacial score (nSPS) is 11.3. The van der Waals surface area contributed by atoms with Gasteiger partial charge in [-0.25, -0.2) is 0 Å². The monoisotopic (exact) mass is 361 g/mol. The van der Waals surface area contributed by atoms with Gasteiger partial charge in [0, 0.05) is 21.8 Å². The zero-order valence-electron chi connectivity index (χ0n) is 16.1. The van der Waals surface area contributed by atoms with Crippen LogP contribution >= 0.6 is 0 Å². The zero-order chi connectivity index (χ0) is 18.9. The maximum Gasteiger partial charge on any atom is 0.0497 e. The molecule has 0 atom stereocenters. The fraction of sp³-hybridized carbons (Fsp3) is 0.111. The molecule has 0 aliphatic heterocycles. The summed E-state index contributed by atoms with van der Waals surface area (Å²) in [6.07, 6.45) is 2.22. The SMILES string of the molecule is CCCc1cc(-c2ccccc2)cc2c1[nH]c1ccc(-c3ccccc3)cc12. The summed E-state index contributed by atoms with van der Waals surface area (Å²) in [5, 5.41) is 2.61. The van der Waals surface area contributed by atoms with Crippen LogP contribution in [-0.4, -0.2) is 4.98 Å². The highest BCUT2D eigenvalue weighted by Gasteiger charge is 2.12. The number of H-pyrrole nitrogens is 1. The molecule has 28 heavy (non-hydrogen) atoms. The molecule has 4 aromatic carbocycles. The molecular weight excluding hydrogens is 338 g/mol. The summed E-state index contributed by atoms with van der Waals surface area (Å²) >= 11 is 0. The fourth-order valence-electron chi connectivity index (χ4n) is 4.15. The van der Waals surface area contributed by atoms with E-state index in [1.165, 1.54) is 49.6 Å². The lowest BCUT2D eigenvalue weighted by Gasteiger charge is -2.08. The lowest BCUT2D eigenvalue weighted by Crippen LogP contribution is -1.88. The second-order valence-electron chi connectivity index (χ2n) is 7.43. The Labute approximate surface area is 165 Å². The van der Waals surface area contributed by atoms with E-state index in [0.29, 0.717) is 0 Å². The topological polar surface area (TPSA) is 15.8 Å². The first-order valence-electron chi connectivity index (χ1n) is 10.0. The predicted molar refractivity (Wildman–Crippen MR) is 121 cm³/mol. The second kappa shape index (κ2) is 7.01. The molecule has 1 aromatic heterocycles. The van der Waals surface area contributed by atoms with Gasteiger partial charge in [-0.15, -0.1) is 0 Å². The van der Waals surface area contributed by atoms with Crippen LogP contribution in [-0.2, 0) is 6.42 Å². The smallest absolute Gasteiger partial charge is 0.0497 e. The van der Waals surface area contributed by atoms with Gasteiger partial charge in [0.25, 0.3) is 0 Å². The van der Waals surface area contributed by atoms with Crippen LogP contribution < -0.4 is 0 Å². The number of aromatic nitrogens is 1. The maximum absolute atomic E-state index is 3.69. The summed E-state index contributed by atoms with van der Waals surface area (Å²) in [6.45, 7) is 2.25. The van der Waals surface area contributed by atoms with Gasteiger partial charge in [0.15, 0.2) is 0 Å². The van der Waals surface area contributed by atoms with Crippen molar-refractivity contribution in [3.8, 4) is 22.3 Å². The molecule has 0 radical (unpaired) electrons. The Balaban J connectivity index is 1.78. The summed E-state index contributed by atoms with van der Waals surface area (Å²) in [6, 6.07) is 32.8. The standard InChI is InChI=1S/C27H23N/c1-2-9-22-16-23(20-12-7-4-8-13-20)18-25-24-17-21(19-10-5-3-6-11-19)14-15-26(24)28-27(22)25/h3-8,10-18,28H,2,9H2,1H3. The molecule has 5 rings (SSSR count). The van der Waals surface area contributed by atoms with Gasteiger partial charge >= 0.3 is 0 Å². The highest BCUT2D eigenvalue weighted by molar-refractivity contribution is 6.10. The van der Waals surface area contributed by atoms with E-state index < -0.39 is 0 Å². The number of hydrogen-bond donors (Lipinski definition) is 1. The molecule has 1 nitrogen and oxygen atoms in total. The van der Waals surface area contributed by atoms with Crippen molar-refractivity contribution >= 4 is 21.8 Å². The number of fused-ring (bicyclic) bond motifs is 3. The van der Waals surface area contributed by atoms with Gasteiger partial charge in [-0.05, 0) is 58.5 Å². The van der Waals surface area contributed by atoms with Gasteiger partial charge in [0.05, 0.1) is 0 Å². The molecule has 0 aliphatic rings. The lowest BCUT2D eigenvalue weighted by molar-refractivity contribution is 0.928. The van der Waals surface area contributed by atoms with Crippen LogP contribution in [0.2, 0.25) is 0 Å². The van der Waals surface area contributed by atoms with Gasteiger partial charge in [-0.2, -0.15) is 0 Å². The van der Waals surface area contributed by atoms with Gasteiger partial charge < -0.3 is 4.98 Å². The van der Waals surface area contributed by atoms with E-state index in [0.717, 1.165) is 12.8 Å². The minimum Gasteiger partial charge on any atom is -0.354 e. The molecule has 0 saturated heterocycles. The average molecular weight is 361 g/mol. The van der Waals surface area contributed by atoms with E-state index in [1.54, 1.807) is 0 Å². The summed E-state index contributed by atoms with van der Waals surface area (Å²) in [4.78, 5) is 3.69. The molecule has 1 heterocycles. The highest BCUT2D eigenvalue weighted by Crippen LogP contribution is 2.35. The van der Waals surface area contributed by atoms with Gasteiger partial charge in [0.2, 0.25) is 0 Å². The van der Waals surface area contributed by atoms with Crippen LogP contribution in [0.25, 0.3) is 44.1 Å². The largest absolute Gasteiger partial charge is 0.354 e. The molecule has 0 aliphatic carbocycles. The molecule has 136 valence electrons. The molecule has 5 aromatic rings. The van der Waals surface area contributed by atoms with Crippen molar-refractivity contribution in [3.63, 3.8) is 0 Å². The lowest BCUT2D eigenvalue weighted by atomic mass is 9.96. The molecule has 1 heteroatoms. The summed E-state index contributed by atoms with van der Waals surface area (Å²) in [5.41, 5.74) is 8.97. The number of aryl methyl sites for hydroxylation is 1. The number of benzene rings is 4. The van der Waals surface area contributed by atoms with E-state index in [-0.39, 0.29) is 0 Å². The van der Waals surface area contributed by atoms with Crippen LogP contribution in [0.3, 0.4) is 0 Å². The molecule has 0 amide bonds. The Morgan fingerprint density at radius 2 is 1.25 bits per heavy atom. The maximum atomic E-state index is 3.69. The van der Waals surface area contributed by atoms with Crippen molar-refractivity contribution in [2.75, 3.05) is 0 Å². The molecule has 0 fully saturated rings. The summed E-state index contributed by atoms with van der Waals surface area (Å²) < 4.78 is 0. The van der Waals surface area contributed by atoms with Crippen molar-refractivity contribution < 1.29 is 0 Å². The third kappa shape index (κ3) is 2.90. The highest BCUT2D eigenvalue weighted by atomic mass is 14.7. The van der Waals surface area contributed by atoms with E-state index in [2.05, 4.69) is 103 Å². The van der Waals surface area contributed by atoms with Crippen LogP contribution in [0, 0.1) is 0 Å². The Morgan fingerprint density at radius 1 is 0.607 bits per heavy atom. The van der Waals surface area contributed by atoms with Crippen molar-refractivity contribution in [1.29, 1.82) is 0 Å². The van der Waals surface area contributed by atoms with E-state index in [4.69, 9.17) is 0 Å². The van der Waals surface area contributed by atoms with Crippen LogP contribution in [0.1, 0.15) is 18.9 Å². The molecule has 0 bridgehead atoms. The minimum atomic E-state index is 1.08. The number of rotatable bonds is 4. The summed E-state index contributed by atoms with van der Waals surface area (Å²) in [7, 11) is 0. The first-order valence-corrected chi connectivity index (χ1v) is 10.0. The van der Waals surface area contributed by atoms with Crippen molar-refractivity contribution in [1.82, 2.24) is 4.98 Å². The molecule has 1 N–H and O–H groups in total.